The number of aryl methyl sites for hydroxylation is 1. The maximum atomic E-state index is 12.4. The molecular formula is C17H22N2O3S2. The van der Waals surface area contributed by atoms with Gasteiger partial charge in [0.15, 0.2) is 15.0 Å². The first-order valence-corrected chi connectivity index (χ1v) is 10.6. The third-order valence-electron chi connectivity index (χ3n) is 4.22. The molecule has 7 heteroatoms. The maximum absolute atomic E-state index is 12.4. The number of fused-ring (bicyclic) bond motifs is 1. The van der Waals surface area contributed by atoms with Crippen molar-refractivity contribution in [2.45, 2.75) is 39.0 Å². The van der Waals surface area contributed by atoms with Gasteiger partial charge in [-0.3, -0.25) is 4.79 Å². The van der Waals surface area contributed by atoms with Crippen LogP contribution in [0, 0.1) is 12.3 Å². The average molecular weight is 367 g/mol. The Balaban J connectivity index is 2.01. The zero-order chi connectivity index (χ0) is 17.7. The van der Waals surface area contributed by atoms with E-state index in [1.165, 1.54) is 11.8 Å². The molecular weight excluding hydrogens is 344 g/mol. The molecule has 1 aromatic rings. The van der Waals surface area contributed by atoms with Gasteiger partial charge >= 0.3 is 0 Å². The van der Waals surface area contributed by atoms with Gasteiger partial charge in [0.05, 0.1) is 17.5 Å². The van der Waals surface area contributed by atoms with Gasteiger partial charge in [0.1, 0.15) is 0 Å². The first-order valence-electron chi connectivity index (χ1n) is 7.93. The van der Waals surface area contributed by atoms with Crippen molar-refractivity contribution in [1.82, 2.24) is 0 Å². The SMILES string of the molecule is Cc1ccc(N2C(=NC(=O)C(C)(C)C)S[C@@H]3CS(=O)(=O)C[C@@H]32)cc1. The average Bonchev–Trinajstić information content (AvgIpc) is 2.90. The zero-order valence-electron chi connectivity index (χ0n) is 14.3. The van der Waals surface area contributed by atoms with E-state index in [-0.39, 0.29) is 28.7 Å². The summed E-state index contributed by atoms with van der Waals surface area (Å²) < 4.78 is 24.0. The number of rotatable bonds is 1. The van der Waals surface area contributed by atoms with Crippen molar-refractivity contribution in [2.75, 3.05) is 16.4 Å². The second-order valence-corrected chi connectivity index (χ2v) is 10.8. The second-order valence-electron chi connectivity index (χ2n) is 7.46. The molecule has 0 radical (unpaired) electrons. The Morgan fingerprint density at radius 3 is 2.42 bits per heavy atom. The molecule has 2 aliphatic heterocycles. The van der Waals surface area contributed by atoms with Crippen LogP contribution in [-0.2, 0) is 14.6 Å². The molecule has 2 fully saturated rings. The summed E-state index contributed by atoms with van der Waals surface area (Å²) in [5.41, 5.74) is 1.46. The van der Waals surface area contributed by atoms with Crippen LogP contribution < -0.4 is 4.90 Å². The molecule has 0 saturated carbocycles. The van der Waals surface area contributed by atoms with Crippen LogP contribution in [0.4, 0.5) is 5.69 Å². The number of hydrogen-bond acceptors (Lipinski definition) is 4. The molecule has 2 saturated heterocycles. The van der Waals surface area contributed by atoms with Gasteiger partial charge in [0.2, 0.25) is 0 Å². The number of amides is 1. The van der Waals surface area contributed by atoms with Crippen LogP contribution in [0.1, 0.15) is 26.3 Å². The van der Waals surface area contributed by atoms with E-state index < -0.39 is 15.3 Å². The molecule has 0 aliphatic carbocycles. The van der Waals surface area contributed by atoms with Gasteiger partial charge < -0.3 is 4.90 Å². The largest absolute Gasteiger partial charge is 0.316 e. The normalized spacial score (nSPS) is 27.5. The molecule has 1 amide bonds. The van der Waals surface area contributed by atoms with E-state index in [9.17, 15) is 13.2 Å². The van der Waals surface area contributed by atoms with E-state index in [0.717, 1.165) is 11.3 Å². The highest BCUT2D eigenvalue weighted by Crippen LogP contribution is 2.41. The number of carbonyl (C=O) groups excluding carboxylic acids is 1. The fourth-order valence-electron chi connectivity index (χ4n) is 2.83. The van der Waals surface area contributed by atoms with Gasteiger partial charge in [-0.15, -0.1) is 0 Å². The number of carbonyl (C=O) groups is 1. The number of amidine groups is 1. The van der Waals surface area contributed by atoms with Crippen LogP contribution >= 0.6 is 11.8 Å². The summed E-state index contributed by atoms with van der Waals surface area (Å²) in [5.74, 6) is 0.0688. The number of anilines is 1. The van der Waals surface area contributed by atoms with Crippen molar-refractivity contribution in [3.63, 3.8) is 0 Å². The number of aliphatic imine (C=N–C) groups is 1. The number of nitrogens with zero attached hydrogens (tertiary/aromatic N) is 2. The minimum Gasteiger partial charge on any atom is -0.316 e. The molecule has 2 heterocycles. The van der Waals surface area contributed by atoms with E-state index >= 15 is 0 Å². The Morgan fingerprint density at radius 2 is 1.83 bits per heavy atom. The Bertz CT molecular complexity index is 792. The van der Waals surface area contributed by atoms with E-state index in [2.05, 4.69) is 4.99 Å². The Labute approximate surface area is 147 Å². The number of thioether (sulfide) groups is 1. The van der Waals surface area contributed by atoms with E-state index in [0.29, 0.717) is 5.17 Å². The number of benzene rings is 1. The van der Waals surface area contributed by atoms with Crippen molar-refractivity contribution in [2.24, 2.45) is 10.4 Å². The minimum atomic E-state index is -3.04. The van der Waals surface area contributed by atoms with E-state index in [4.69, 9.17) is 0 Å². The lowest BCUT2D eigenvalue weighted by atomic mass is 9.96. The molecule has 0 N–H and O–H groups in total. The highest BCUT2D eigenvalue weighted by molar-refractivity contribution is 8.16. The third-order valence-corrected chi connectivity index (χ3v) is 7.43. The molecule has 24 heavy (non-hydrogen) atoms. The lowest BCUT2D eigenvalue weighted by Gasteiger charge is -2.25. The van der Waals surface area contributed by atoms with E-state index in [1.54, 1.807) is 0 Å². The molecule has 130 valence electrons. The summed E-state index contributed by atoms with van der Waals surface area (Å²) in [6.07, 6.45) is 0. The molecule has 0 aromatic heterocycles. The molecule has 0 bridgehead atoms. The van der Waals surface area contributed by atoms with Crippen molar-refractivity contribution >= 4 is 38.4 Å². The molecule has 0 spiro atoms. The van der Waals surface area contributed by atoms with Crippen molar-refractivity contribution < 1.29 is 13.2 Å². The summed E-state index contributed by atoms with van der Waals surface area (Å²) in [5, 5.41) is 0.548. The Kier molecular flexibility index (Phi) is 4.28. The minimum absolute atomic E-state index is 0.0668. The lowest BCUT2D eigenvalue weighted by molar-refractivity contribution is -0.124. The summed E-state index contributed by atoms with van der Waals surface area (Å²) >= 11 is 1.41. The Morgan fingerprint density at radius 1 is 1.21 bits per heavy atom. The summed E-state index contributed by atoms with van der Waals surface area (Å²) in [4.78, 5) is 18.6. The summed E-state index contributed by atoms with van der Waals surface area (Å²) in [6.45, 7) is 7.50. The van der Waals surface area contributed by atoms with Crippen LogP contribution in [-0.4, -0.2) is 42.3 Å². The summed E-state index contributed by atoms with van der Waals surface area (Å²) in [6, 6.07) is 7.73. The smallest absolute Gasteiger partial charge is 0.253 e. The van der Waals surface area contributed by atoms with E-state index in [1.807, 2.05) is 56.9 Å². The zero-order valence-corrected chi connectivity index (χ0v) is 15.9. The van der Waals surface area contributed by atoms with Crippen LogP contribution in [0.15, 0.2) is 29.3 Å². The van der Waals surface area contributed by atoms with Crippen LogP contribution in [0.2, 0.25) is 0 Å². The summed E-state index contributed by atoms with van der Waals surface area (Å²) in [7, 11) is -3.04. The highest BCUT2D eigenvalue weighted by Gasteiger charge is 2.49. The molecule has 1 aromatic carbocycles. The van der Waals surface area contributed by atoms with Gasteiger partial charge in [-0.2, -0.15) is 4.99 Å². The van der Waals surface area contributed by atoms with Gasteiger partial charge in [0, 0.05) is 16.4 Å². The van der Waals surface area contributed by atoms with Crippen molar-refractivity contribution in [3.05, 3.63) is 29.8 Å². The van der Waals surface area contributed by atoms with Crippen molar-refractivity contribution in [1.29, 1.82) is 0 Å². The maximum Gasteiger partial charge on any atom is 0.253 e. The van der Waals surface area contributed by atoms with Crippen LogP contribution in [0.5, 0.6) is 0 Å². The van der Waals surface area contributed by atoms with Gasteiger partial charge in [0.25, 0.3) is 5.91 Å². The van der Waals surface area contributed by atoms with Gasteiger partial charge in [-0.1, -0.05) is 50.2 Å². The van der Waals surface area contributed by atoms with Crippen LogP contribution in [0.25, 0.3) is 0 Å². The lowest BCUT2D eigenvalue weighted by Crippen LogP contribution is -2.38. The third kappa shape index (κ3) is 3.37. The topological polar surface area (TPSA) is 66.8 Å². The molecule has 5 nitrogen and oxygen atoms in total. The first-order chi connectivity index (χ1) is 11.1. The molecule has 2 atom stereocenters. The second kappa shape index (κ2) is 5.88. The van der Waals surface area contributed by atoms with Crippen LogP contribution in [0.3, 0.4) is 0 Å². The molecule has 0 unspecified atom stereocenters. The fraction of sp³-hybridized carbons (Fsp3) is 0.529. The fourth-order valence-corrected chi connectivity index (χ4v) is 6.74. The van der Waals surface area contributed by atoms with Gasteiger partial charge in [-0.25, -0.2) is 8.42 Å². The number of sulfone groups is 1. The first kappa shape index (κ1) is 17.5. The Hall–Kier alpha value is -1.34. The van der Waals surface area contributed by atoms with Crippen molar-refractivity contribution in [3.8, 4) is 0 Å². The quantitative estimate of drug-likeness (QED) is 0.764. The standard InChI is InChI=1S/C17H22N2O3S2/c1-11-5-7-12(8-6-11)19-13-9-24(21,22)10-14(13)23-16(19)18-15(20)17(2,3)4/h5-8,13-14H,9-10H2,1-4H3/t13-,14+/m0/s1. The number of hydrogen-bond donors (Lipinski definition) is 0. The predicted molar refractivity (Wildman–Crippen MR) is 99.4 cm³/mol. The highest BCUT2D eigenvalue weighted by atomic mass is 32.2. The molecule has 3 rings (SSSR count). The monoisotopic (exact) mass is 366 g/mol. The predicted octanol–water partition coefficient (Wildman–Crippen LogP) is 2.64. The van der Waals surface area contributed by atoms with Gasteiger partial charge in [-0.05, 0) is 19.1 Å². The molecule has 2 aliphatic rings.